The number of benzene rings is 2. The molecule has 2 rings (SSSR count). The molecule has 34 heavy (non-hydrogen) atoms. The number of carbonyl (C=O) groups excluding carboxylic acids is 2. The van der Waals surface area contributed by atoms with E-state index < -0.39 is 28.5 Å². The highest BCUT2D eigenvalue weighted by molar-refractivity contribution is 9.10. The van der Waals surface area contributed by atoms with Gasteiger partial charge in [-0.25, -0.2) is 8.42 Å². The fraction of sp³-hybridized carbons (Fsp3) is 0.391. The Balaban J connectivity index is 2.43. The summed E-state index contributed by atoms with van der Waals surface area (Å²) in [6.45, 7) is 4.99. The zero-order chi connectivity index (χ0) is 25.6. The Morgan fingerprint density at radius 2 is 1.79 bits per heavy atom. The van der Waals surface area contributed by atoms with Crippen LogP contribution in [-0.4, -0.2) is 50.0 Å². The number of rotatable bonds is 10. The first-order valence-electron chi connectivity index (χ1n) is 10.6. The second-order valence-corrected chi connectivity index (χ2v) is 11.7. The van der Waals surface area contributed by atoms with Crippen LogP contribution >= 0.6 is 39.1 Å². The molecule has 0 aliphatic rings. The lowest BCUT2D eigenvalue weighted by molar-refractivity contribution is -0.139. The smallest absolute Gasteiger partial charge is 0.244 e. The van der Waals surface area contributed by atoms with Gasteiger partial charge in [0.25, 0.3) is 0 Å². The first-order valence-corrected chi connectivity index (χ1v) is 14.0. The van der Waals surface area contributed by atoms with E-state index in [4.69, 9.17) is 23.2 Å². The normalized spacial score (nSPS) is 13.1. The lowest BCUT2D eigenvalue weighted by atomic mass is 10.1. The number of hydrogen-bond acceptors (Lipinski definition) is 4. The number of nitrogens with zero attached hydrogens (tertiary/aromatic N) is 2. The quantitative estimate of drug-likeness (QED) is 0.427. The fourth-order valence-electron chi connectivity index (χ4n) is 3.15. The van der Waals surface area contributed by atoms with Crippen LogP contribution in [-0.2, 0) is 26.2 Å². The van der Waals surface area contributed by atoms with Crippen molar-refractivity contribution >= 4 is 66.7 Å². The number of anilines is 1. The third-order valence-corrected chi connectivity index (χ3v) is 7.44. The minimum atomic E-state index is -3.90. The Morgan fingerprint density at radius 3 is 2.38 bits per heavy atom. The highest BCUT2D eigenvalue weighted by atomic mass is 79.9. The molecule has 0 aliphatic heterocycles. The van der Waals surface area contributed by atoms with Crippen molar-refractivity contribution in [3.8, 4) is 0 Å². The predicted molar refractivity (Wildman–Crippen MR) is 141 cm³/mol. The zero-order valence-corrected chi connectivity index (χ0v) is 23.3. The number of hydrogen-bond donors (Lipinski definition) is 1. The predicted octanol–water partition coefficient (Wildman–Crippen LogP) is 4.85. The van der Waals surface area contributed by atoms with Crippen molar-refractivity contribution < 1.29 is 18.0 Å². The number of amides is 2. The Kier molecular flexibility index (Phi) is 10.2. The molecule has 1 N–H and O–H groups in total. The molecule has 2 amide bonds. The summed E-state index contributed by atoms with van der Waals surface area (Å²) in [6.07, 6.45) is 1.71. The van der Waals surface area contributed by atoms with E-state index in [2.05, 4.69) is 21.2 Å². The van der Waals surface area contributed by atoms with Crippen molar-refractivity contribution in [1.82, 2.24) is 10.2 Å². The van der Waals surface area contributed by atoms with Crippen LogP contribution in [0.1, 0.15) is 32.8 Å². The van der Waals surface area contributed by atoms with Crippen molar-refractivity contribution in [3.05, 3.63) is 62.5 Å². The molecule has 2 atom stereocenters. The minimum Gasteiger partial charge on any atom is -0.352 e. The highest BCUT2D eigenvalue weighted by Crippen LogP contribution is 2.31. The topological polar surface area (TPSA) is 86.8 Å². The first kappa shape index (κ1) is 28.4. The van der Waals surface area contributed by atoms with Crippen molar-refractivity contribution in [2.45, 2.75) is 45.8 Å². The van der Waals surface area contributed by atoms with Crippen LogP contribution in [0.2, 0.25) is 10.0 Å². The monoisotopic (exact) mass is 591 g/mol. The second-order valence-electron chi connectivity index (χ2n) is 8.01. The van der Waals surface area contributed by atoms with Crippen LogP contribution < -0.4 is 9.62 Å². The van der Waals surface area contributed by atoms with Gasteiger partial charge in [0.2, 0.25) is 21.8 Å². The van der Waals surface area contributed by atoms with Gasteiger partial charge in [0.15, 0.2) is 0 Å². The average Bonchev–Trinajstić information content (AvgIpc) is 2.76. The van der Waals surface area contributed by atoms with Crippen molar-refractivity contribution in [2.75, 3.05) is 17.1 Å². The molecule has 7 nitrogen and oxygen atoms in total. The third kappa shape index (κ3) is 7.86. The van der Waals surface area contributed by atoms with Crippen LogP contribution in [0.5, 0.6) is 0 Å². The number of carbonyl (C=O) groups is 2. The number of sulfonamides is 1. The van der Waals surface area contributed by atoms with E-state index in [1.165, 1.54) is 23.1 Å². The Bertz CT molecular complexity index is 1150. The molecule has 0 saturated heterocycles. The summed E-state index contributed by atoms with van der Waals surface area (Å²) in [5.41, 5.74) is 0.863. The molecular formula is C23H28BrCl2N3O4S. The molecule has 0 bridgehead atoms. The molecule has 0 aromatic heterocycles. The van der Waals surface area contributed by atoms with Gasteiger partial charge in [-0.15, -0.1) is 0 Å². The molecule has 186 valence electrons. The van der Waals surface area contributed by atoms with E-state index in [9.17, 15) is 18.0 Å². The lowest BCUT2D eigenvalue weighted by Gasteiger charge is -2.32. The molecule has 2 aromatic rings. The Labute approximate surface area is 219 Å². The Hall–Kier alpha value is -1.81. The molecule has 0 radical (unpaired) electrons. The molecule has 11 heteroatoms. The van der Waals surface area contributed by atoms with E-state index >= 15 is 0 Å². The van der Waals surface area contributed by atoms with Gasteiger partial charge in [-0.05, 0) is 56.2 Å². The van der Waals surface area contributed by atoms with E-state index in [1.807, 2.05) is 38.1 Å². The summed E-state index contributed by atoms with van der Waals surface area (Å²) in [7, 11) is -3.90. The van der Waals surface area contributed by atoms with E-state index in [1.54, 1.807) is 6.92 Å². The lowest BCUT2D eigenvalue weighted by Crippen LogP contribution is -2.52. The maximum absolute atomic E-state index is 13.5. The van der Waals surface area contributed by atoms with Gasteiger partial charge in [-0.2, -0.15) is 0 Å². The van der Waals surface area contributed by atoms with Crippen molar-refractivity contribution in [1.29, 1.82) is 0 Å². The molecule has 0 saturated carbocycles. The maximum atomic E-state index is 13.5. The van der Waals surface area contributed by atoms with Gasteiger partial charge in [0, 0.05) is 22.1 Å². The van der Waals surface area contributed by atoms with Crippen LogP contribution in [0.15, 0.2) is 46.9 Å². The summed E-state index contributed by atoms with van der Waals surface area (Å²) in [6, 6.07) is 10.8. The second kappa shape index (κ2) is 12.2. The van der Waals surface area contributed by atoms with Crippen LogP contribution in [0.3, 0.4) is 0 Å². The van der Waals surface area contributed by atoms with Crippen LogP contribution in [0.4, 0.5) is 5.69 Å². The third-order valence-electron chi connectivity index (χ3n) is 5.27. The van der Waals surface area contributed by atoms with Gasteiger partial charge in [-0.1, -0.05) is 58.2 Å². The van der Waals surface area contributed by atoms with Gasteiger partial charge in [0.1, 0.15) is 12.6 Å². The molecule has 0 aliphatic carbocycles. The zero-order valence-electron chi connectivity index (χ0n) is 19.4. The maximum Gasteiger partial charge on any atom is 0.244 e. The summed E-state index contributed by atoms with van der Waals surface area (Å²) in [4.78, 5) is 27.8. The van der Waals surface area contributed by atoms with Crippen LogP contribution in [0, 0.1) is 0 Å². The van der Waals surface area contributed by atoms with Gasteiger partial charge >= 0.3 is 0 Å². The summed E-state index contributed by atoms with van der Waals surface area (Å²) in [5, 5.41) is 3.28. The standard InChI is InChI=1S/C23H28BrCl2N3O4S/c1-5-15(2)27-23(31)16(3)28(13-17-7-6-8-18(24)11-17)22(30)14-29(34(4,32)33)21-12-19(25)9-10-20(21)26/h6-12,15-16H,5,13-14H2,1-4H3,(H,27,31)/t15-,16+/m0/s1. The molecule has 2 aromatic carbocycles. The molecular weight excluding hydrogens is 565 g/mol. The van der Waals surface area contributed by atoms with E-state index in [0.29, 0.717) is 0 Å². The Morgan fingerprint density at radius 1 is 1.12 bits per heavy atom. The summed E-state index contributed by atoms with van der Waals surface area (Å²) in [5.74, 6) is -0.891. The minimum absolute atomic E-state index is 0.0736. The number of nitrogens with one attached hydrogen (secondary N) is 1. The van der Waals surface area contributed by atoms with Gasteiger partial charge in [0.05, 0.1) is 17.0 Å². The average molecular weight is 593 g/mol. The van der Waals surface area contributed by atoms with Gasteiger partial charge in [-0.3, -0.25) is 13.9 Å². The number of halogens is 3. The van der Waals surface area contributed by atoms with E-state index in [-0.39, 0.29) is 34.2 Å². The SMILES string of the molecule is CC[C@H](C)NC(=O)[C@@H](C)N(Cc1cccc(Br)c1)C(=O)CN(c1cc(Cl)ccc1Cl)S(C)(=O)=O. The summed E-state index contributed by atoms with van der Waals surface area (Å²) < 4.78 is 26.9. The summed E-state index contributed by atoms with van der Waals surface area (Å²) >= 11 is 15.7. The van der Waals surface area contributed by atoms with Crippen molar-refractivity contribution in [2.24, 2.45) is 0 Å². The fourth-order valence-corrected chi connectivity index (χ4v) is 4.89. The molecule has 0 fully saturated rings. The first-order chi connectivity index (χ1) is 15.8. The molecule has 0 spiro atoms. The van der Waals surface area contributed by atoms with Crippen molar-refractivity contribution in [3.63, 3.8) is 0 Å². The molecule has 0 heterocycles. The highest BCUT2D eigenvalue weighted by Gasteiger charge is 2.31. The largest absolute Gasteiger partial charge is 0.352 e. The van der Waals surface area contributed by atoms with Crippen LogP contribution in [0.25, 0.3) is 0 Å². The molecule has 0 unspecified atom stereocenters. The van der Waals surface area contributed by atoms with E-state index in [0.717, 1.165) is 27.0 Å². The van der Waals surface area contributed by atoms with Gasteiger partial charge < -0.3 is 10.2 Å².